The molecule has 0 aliphatic heterocycles. The van der Waals surface area contributed by atoms with E-state index in [4.69, 9.17) is 10.5 Å². The van der Waals surface area contributed by atoms with Crippen molar-refractivity contribution in [3.05, 3.63) is 40.5 Å². The van der Waals surface area contributed by atoms with E-state index in [0.717, 1.165) is 39.2 Å². The van der Waals surface area contributed by atoms with Crippen molar-refractivity contribution < 1.29 is 9.84 Å². The lowest BCUT2D eigenvalue weighted by Crippen LogP contribution is -2.15. The summed E-state index contributed by atoms with van der Waals surface area (Å²) in [5, 5.41) is 11.4. The Balaban J connectivity index is 2.21. The lowest BCUT2D eigenvalue weighted by atomic mass is 9.98. The number of nitrogens with zero attached hydrogens (tertiary/aromatic N) is 4. The van der Waals surface area contributed by atoms with Crippen LogP contribution < -0.4 is 10.5 Å². The number of anilines is 1. The molecule has 0 saturated carbocycles. The van der Waals surface area contributed by atoms with E-state index in [1.165, 1.54) is 0 Å². The summed E-state index contributed by atoms with van der Waals surface area (Å²) < 4.78 is 7.46. The Morgan fingerprint density at radius 2 is 1.92 bits per heavy atom. The highest BCUT2D eigenvalue weighted by Gasteiger charge is 2.25. The molecule has 3 rings (SSSR count). The molecule has 0 amide bonds. The fourth-order valence-corrected chi connectivity index (χ4v) is 3.36. The normalized spacial score (nSPS) is 12.0. The minimum Gasteiger partial charge on any atom is -0.496 e. The molecule has 0 fully saturated rings. The number of pyridine rings is 1. The molecule has 26 heavy (non-hydrogen) atoms. The molecule has 0 aliphatic rings. The third-order valence-electron chi connectivity index (χ3n) is 4.64. The SMILES string of the molecule is COc1c(C)cnc(Cn2cc(C(C)(C)O)c3c(C)nc(N)nc32)c1C. The Hall–Kier alpha value is -2.67. The van der Waals surface area contributed by atoms with Gasteiger partial charge in [-0.25, -0.2) is 4.98 Å². The van der Waals surface area contributed by atoms with Crippen molar-refractivity contribution in [2.24, 2.45) is 0 Å². The summed E-state index contributed by atoms with van der Waals surface area (Å²) >= 11 is 0. The summed E-state index contributed by atoms with van der Waals surface area (Å²) in [6.07, 6.45) is 3.71. The highest BCUT2D eigenvalue weighted by molar-refractivity contribution is 5.84. The average molecular weight is 355 g/mol. The van der Waals surface area contributed by atoms with Crippen molar-refractivity contribution in [3.8, 4) is 5.75 Å². The Labute approximate surface area is 152 Å². The number of methoxy groups -OCH3 is 1. The summed E-state index contributed by atoms with van der Waals surface area (Å²) in [6.45, 7) is 9.83. The van der Waals surface area contributed by atoms with E-state index in [1.807, 2.05) is 31.5 Å². The highest BCUT2D eigenvalue weighted by atomic mass is 16.5. The molecule has 3 N–H and O–H groups in total. The maximum absolute atomic E-state index is 10.6. The Kier molecular flexibility index (Phi) is 4.36. The zero-order valence-electron chi connectivity index (χ0n) is 16.1. The van der Waals surface area contributed by atoms with E-state index in [-0.39, 0.29) is 5.95 Å². The largest absolute Gasteiger partial charge is 0.496 e. The van der Waals surface area contributed by atoms with Crippen LogP contribution in [0, 0.1) is 20.8 Å². The van der Waals surface area contributed by atoms with E-state index in [9.17, 15) is 5.11 Å². The lowest BCUT2D eigenvalue weighted by molar-refractivity contribution is 0.0799. The van der Waals surface area contributed by atoms with Gasteiger partial charge in [-0.15, -0.1) is 0 Å². The van der Waals surface area contributed by atoms with E-state index >= 15 is 0 Å². The van der Waals surface area contributed by atoms with Crippen molar-refractivity contribution in [2.45, 2.75) is 46.8 Å². The number of hydrogen-bond acceptors (Lipinski definition) is 6. The van der Waals surface area contributed by atoms with Crippen LogP contribution in [0.25, 0.3) is 11.0 Å². The van der Waals surface area contributed by atoms with Gasteiger partial charge in [-0.3, -0.25) is 4.98 Å². The van der Waals surface area contributed by atoms with Crippen molar-refractivity contribution in [3.63, 3.8) is 0 Å². The molecule has 0 radical (unpaired) electrons. The third-order valence-corrected chi connectivity index (χ3v) is 4.64. The van der Waals surface area contributed by atoms with Gasteiger partial charge >= 0.3 is 0 Å². The lowest BCUT2D eigenvalue weighted by Gasteiger charge is -2.16. The summed E-state index contributed by atoms with van der Waals surface area (Å²) in [5.41, 5.74) is 9.89. The topological polar surface area (TPSA) is 99.1 Å². The number of fused-ring (bicyclic) bond motifs is 1. The number of ether oxygens (including phenoxy) is 1. The molecule has 7 heteroatoms. The Morgan fingerprint density at radius 1 is 1.23 bits per heavy atom. The van der Waals surface area contributed by atoms with Crippen molar-refractivity contribution >= 4 is 17.0 Å². The summed E-state index contributed by atoms with van der Waals surface area (Å²) in [6, 6.07) is 0. The summed E-state index contributed by atoms with van der Waals surface area (Å²) in [7, 11) is 1.66. The highest BCUT2D eigenvalue weighted by Crippen LogP contribution is 2.32. The molecule has 7 nitrogen and oxygen atoms in total. The van der Waals surface area contributed by atoms with Crippen LogP contribution in [0.15, 0.2) is 12.4 Å². The number of nitrogens with two attached hydrogens (primary N) is 1. The van der Waals surface area contributed by atoms with Gasteiger partial charge in [-0.2, -0.15) is 4.98 Å². The van der Waals surface area contributed by atoms with Gasteiger partial charge in [-0.1, -0.05) is 0 Å². The first-order chi connectivity index (χ1) is 12.1. The molecule has 138 valence electrons. The van der Waals surface area contributed by atoms with E-state index in [0.29, 0.717) is 12.2 Å². The zero-order chi connectivity index (χ0) is 19.2. The van der Waals surface area contributed by atoms with Gasteiger partial charge in [0.2, 0.25) is 5.95 Å². The molecule has 0 aromatic carbocycles. The molecule has 0 atom stereocenters. The third kappa shape index (κ3) is 2.99. The first-order valence-corrected chi connectivity index (χ1v) is 8.48. The zero-order valence-corrected chi connectivity index (χ0v) is 16.1. The second kappa shape index (κ2) is 6.25. The van der Waals surface area contributed by atoms with Crippen molar-refractivity contribution in [1.29, 1.82) is 0 Å². The molecule has 0 saturated heterocycles. The van der Waals surface area contributed by atoms with Gasteiger partial charge in [0, 0.05) is 34.5 Å². The van der Waals surface area contributed by atoms with Gasteiger partial charge in [0.15, 0.2) is 0 Å². The van der Waals surface area contributed by atoms with E-state index in [2.05, 4.69) is 15.0 Å². The maximum Gasteiger partial charge on any atom is 0.222 e. The van der Waals surface area contributed by atoms with Gasteiger partial charge in [0.05, 0.1) is 30.6 Å². The number of aryl methyl sites for hydroxylation is 2. The van der Waals surface area contributed by atoms with Crippen LogP contribution in [0.5, 0.6) is 5.75 Å². The molecule has 0 unspecified atom stereocenters. The van der Waals surface area contributed by atoms with E-state index < -0.39 is 5.60 Å². The molecule has 3 aromatic heterocycles. The fraction of sp³-hybridized carbons (Fsp3) is 0.421. The van der Waals surface area contributed by atoms with Crippen LogP contribution >= 0.6 is 0 Å². The van der Waals surface area contributed by atoms with Gasteiger partial charge < -0.3 is 20.1 Å². The standard InChI is InChI=1S/C19H25N5O2/c1-10-7-21-14(11(2)16(10)26-6)9-24-8-13(19(4,5)25)15-12(3)22-18(20)23-17(15)24/h7-8,25H,9H2,1-6H3,(H2,20,22,23). The van der Waals surface area contributed by atoms with Crippen LogP contribution in [0.3, 0.4) is 0 Å². The molecule has 3 heterocycles. The fourth-order valence-electron chi connectivity index (χ4n) is 3.36. The van der Waals surface area contributed by atoms with Crippen LogP contribution in [0.4, 0.5) is 5.95 Å². The maximum atomic E-state index is 10.6. The van der Waals surface area contributed by atoms with Crippen LogP contribution in [0.1, 0.15) is 41.9 Å². The number of aromatic nitrogens is 4. The van der Waals surface area contributed by atoms with Gasteiger partial charge in [0.25, 0.3) is 0 Å². The van der Waals surface area contributed by atoms with Crippen LogP contribution in [-0.4, -0.2) is 31.7 Å². The second-order valence-electron chi connectivity index (χ2n) is 7.14. The number of aliphatic hydroxyl groups is 1. The molecular formula is C19H25N5O2. The predicted molar refractivity (Wildman–Crippen MR) is 101 cm³/mol. The summed E-state index contributed by atoms with van der Waals surface area (Å²) in [5.74, 6) is 1.04. The average Bonchev–Trinajstić information content (AvgIpc) is 2.90. The van der Waals surface area contributed by atoms with Crippen LogP contribution in [-0.2, 0) is 12.1 Å². The molecule has 0 aliphatic carbocycles. The number of nitrogen functional groups attached to an aromatic ring is 1. The predicted octanol–water partition coefficient (Wildman–Crippen LogP) is 2.62. The summed E-state index contributed by atoms with van der Waals surface area (Å²) in [4.78, 5) is 13.2. The first-order valence-electron chi connectivity index (χ1n) is 8.48. The molecule has 0 bridgehead atoms. The smallest absolute Gasteiger partial charge is 0.222 e. The monoisotopic (exact) mass is 355 g/mol. The molecule has 3 aromatic rings. The van der Waals surface area contributed by atoms with Gasteiger partial charge in [0.1, 0.15) is 11.4 Å². The second-order valence-corrected chi connectivity index (χ2v) is 7.14. The van der Waals surface area contributed by atoms with Crippen molar-refractivity contribution in [1.82, 2.24) is 19.5 Å². The number of rotatable bonds is 4. The van der Waals surface area contributed by atoms with Crippen molar-refractivity contribution in [2.75, 3.05) is 12.8 Å². The Bertz CT molecular complexity index is 986. The number of hydrogen-bond donors (Lipinski definition) is 2. The first kappa shape index (κ1) is 18.1. The Morgan fingerprint density at radius 3 is 2.54 bits per heavy atom. The van der Waals surface area contributed by atoms with Gasteiger partial charge in [-0.05, 0) is 34.6 Å². The molecule has 0 spiro atoms. The minimum absolute atomic E-state index is 0.211. The van der Waals surface area contributed by atoms with E-state index in [1.54, 1.807) is 27.2 Å². The molecular weight excluding hydrogens is 330 g/mol. The quantitative estimate of drug-likeness (QED) is 0.746. The minimum atomic E-state index is -1.03. The van der Waals surface area contributed by atoms with Crippen LogP contribution in [0.2, 0.25) is 0 Å².